The summed E-state index contributed by atoms with van der Waals surface area (Å²) in [5, 5.41) is 0. The molecule has 0 bridgehead atoms. The van der Waals surface area contributed by atoms with Crippen LogP contribution in [0.5, 0.6) is 0 Å². The van der Waals surface area contributed by atoms with Gasteiger partial charge in [0, 0.05) is 21.2 Å². The van der Waals surface area contributed by atoms with Gasteiger partial charge in [0.1, 0.15) is 0 Å². The lowest BCUT2D eigenvalue weighted by Crippen LogP contribution is -2.54. The fourth-order valence-corrected chi connectivity index (χ4v) is 10.3. The molecule has 9 atom stereocenters. The van der Waals surface area contributed by atoms with Crippen LogP contribution < -0.4 is 0 Å². The lowest BCUT2D eigenvalue weighted by atomic mass is 9.44. The normalized spacial score (nSPS) is 43.7. The molecule has 0 N–H and O–H groups in total. The third-order valence-corrected chi connectivity index (χ3v) is 12.4. The summed E-state index contributed by atoms with van der Waals surface area (Å²) >= 11 is 2.19. The largest absolute Gasteiger partial charge is 0.376 e. The van der Waals surface area contributed by atoms with E-state index < -0.39 is 0 Å². The molecule has 4 saturated carbocycles. The van der Waals surface area contributed by atoms with Crippen molar-refractivity contribution >= 4 is 30.4 Å². The highest BCUT2D eigenvalue weighted by Crippen LogP contribution is 2.68. The molecular weight excluding hydrogens is 539 g/mol. The topological polar surface area (TPSA) is 18.5 Å². The van der Waals surface area contributed by atoms with Crippen molar-refractivity contribution in [1.82, 2.24) is 0 Å². The van der Waals surface area contributed by atoms with Crippen LogP contribution >= 0.6 is 30.4 Å². The Bertz CT molecular complexity index is 629. The summed E-state index contributed by atoms with van der Waals surface area (Å²) in [6.45, 7) is 14.3. The monoisotopic (exact) mass is 590 g/mol. The first-order valence-corrected chi connectivity index (χ1v) is 17.6. The number of rotatable bonds is 10. The predicted octanol–water partition coefficient (Wildman–Crippen LogP) is 9.51. The molecule has 192 valence electrons. The van der Waals surface area contributed by atoms with E-state index >= 15 is 0 Å². The molecule has 4 heteroatoms. The fourth-order valence-electron chi connectivity index (χ4n) is 9.67. The van der Waals surface area contributed by atoms with Crippen LogP contribution in [0.4, 0.5) is 0 Å². The van der Waals surface area contributed by atoms with Gasteiger partial charge in [0.15, 0.2) is 0 Å². The van der Waals surface area contributed by atoms with E-state index in [0.717, 1.165) is 48.0 Å². The fraction of sp³-hybridized carbons (Fsp3) is 1.00. The quantitative estimate of drug-likeness (QED) is 0.143. The van der Waals surface area contributed by atoms with Crippen LogP contribution in [-0.4, -0.2) is 19.3 Å². The van der Waals surface area contributed by atoms with Gasteiger partial charge in [-0.25, -0.2) is 0 Å². The minimum Gasteiger partial charge on any atom is -0.376 e. The van der Waals surface area contributed by atoms with Gasteiger partial charge in [-0.1, -0.05) is 53.9 Å². The van der Waals surface area contributed by atoms with Crippen LogP contribution in [0.1, 0.15) is 112 Å². The Morgan fingerprint density at radius 2 is 1.64 bits per heavy atom. The number of ether oxygens (including phenoxy) is 1. The zero-order chi connectivity index (χ0) is 23.6. The highest BCUT2D eigenvalue weighted by molar-refractivity contribution is 14.2. The Morgan fingerprint density at radius 3 is 2.39 bits per heavy atom. The second-order valence-corrected chi connectivity index (χ2v) is 14.8. The summed E-state index contributed by atoms with van der Waals surface area (Å²) in [4.78, 5) is 0. The molecule has 4 aliphatic rings. The van der Waals surface area contributed by atoms with Gasteiger partial charge in [-0.3, -0.25) is 0 Å². The number of halogens is 1. The zero-order valence-corrected chi connectivity index (χ0v) is 25.1. The molecule has 0 aliphatic heterocycles. The SMILES string of the molecule is CC(C)CCCC(C)C1CCC2C3CCC4CC(OCCOSI)CCC4(C)C3CCC12C. The maximum absolute atomic E-state index is 6.25. The summed E-state index contributed by atoms with van der Waals surface area (Å²) in [6, 6.07) is 0. The molecule has 4 aliphatic carbocycles. The Kier molecular flexibility index (Phi) is 9.50. The van der Waals surface area contributed by atoms with Crippen LogP contribution in [0.25, 0.3) is 0 Å². The van der Waals surface area contributed by atoms with Gasteiger partial charge in [0.25, 0.3) is 0 Å². The van der Waals surface area contributed by atoms with E-state index in [9.17, 15) is 0 Å². The van der Waals surface area contributed by atoms with E-state index in [4.69, 9.17) is 8.92 Å². The van der Waals surface area contributed by atoms with Crippen LogP contribution in [0, 0.1) is 52.3 Å². The van der Waals surface area contributed by atoms with Crippen molar-refractivity contribution in [2.45, 2.75) is 118 Å². The highest BCUT2D eigenvalue weighted by Gasteiger charge is 2.60. The van der Waals surface area contributed by atoms with Crippen LogP contribution in [0.2, 0.25) is 0 Å². The molecule has 33 heavy (non-hydrogen) atoms. The van der Waals surface area contributed by atoms with Crippen molar-refractivity contribution < 1.29 is 8.92 Å². The molecule has 4 fully saturated rings. The summed E-state index contributed by atoms with van der Waals surface area (Å²) in [5.74, 6) is 6.63. The molecule has 0 aromatic rings. The van der Waals surface area contributed by atoms with Crippen molar-refractivity contribution in [2.75, 3.05) is 13.2 Å². The average molecular weight is 591 g/mol. The van der Waals surface area contributed by atoms with E-state index in [1.807, 2.05) is 0 Å². The first kappa shape index (κ1) is 27.0. The summed E-state index contributed by atoms with van der Waals surface area (Å²) < 4.78 is 11.7. The molecule has 0 aromatic carbocycles. The second-order valence-electron chi connectivity index (χ2n) is 13.3. The molecule has 4 rings (SSSR count). The summed E-state index contributed by atoms with van der Waals surface area (Å²) in [5.41, 5.74) is 1.19. The smallest absolute Gasteiger partial charge is 0.0857 e. The molecule has 0 radical (unpaired) electrons. The number of hydrogen-bond donors (Lipinski definition) is 0. The molecule has 9 unspecified atom stereocenters. The Balaban J connectivity index is 1.36. The minimum atomic E-state index is 0.471. The van der Waals surface area contributed by atoms with Gasteiger partial charge in [0.05, 0.1) is 28.5 Å². The second kappa shape index (κ2) is 11.6. The third-order valence-electron chi connectivity index (χ3n) is 11.4. The predicted molar refractivity (Wildman–Crippen MR) is 150 cm³/mol. The molecule has 0 amide bonds. The molecule has 0 heterocycles. The van der Waals surface area contributed by atoms with Crippen LogP contribution in [0.15, 0.2) is 0 Å². The summed E-state index contributed by atoms with van der Waals surface area (Å²) in [6.07, 6.45) is 17.8. The molecular formula is C29H51IO2S. The Hall–Kier alpha value is 1.00. The van der Waals surface area contributed by atoms with Gasteiger partial charge in [-0.05, 0) is 110 Å². The number of hydrogen-bond acceptors (Lipinski definition) is 3. The minimum absolute atomic E-state index is 0.471. The maximum Gasteiger partial charge on any atom is 0.0857 e. The molecule has 2 nitrogen and oxygen atoms in total. The van der Waals surface area contributed by atoms with Crippen molar-refractivity contribution in [3.05, 3.63) is 0 Å². The van der Waals surface area contributed by atoms with Gasteiger partial charge in [-0.15, -0.1) is 0 Å². The van der Waals surface area contributed by atoms with E-state index in [0.29, 0.717) is 23.5 Å². The van der Waals surface area contributed by atoms with Gasteiger partial charge in [-0.2, -0.15) is 0 Å². The first-order valence-electron chi connectivity index (χ1n) is 14.3. The molecule has 0 aromatic heterocycles. The van der Waals surface area contributed by atoms with Crippen molar-refractivity contribution in [3.63, 3.8) is 0 Å². The van der Waals surface area contributed by atoms with Crippen LogP contribution in [-0.2, 0) is 8.92 Å². The zero-order valence-electron chi connectivity index (χ0n) is 22.1. The lowest BCUT2D eigenvalue weighted by molar-refractivity contribution is -0.137. The first-order chi connectivity index (χ1) is 15.8. The highest BCUT2D eigenvalue weighted by atomic mass is 127. The van der Waals surface area contributed by atoms with E-state index in [-0.39, 0.29) is 0 Å². The van der Waals surface area contributed by atoms with Crippen molar-refractivity contribution in [1.29, 1.82) is 0 Å². The van der Waals surface area contributed by atoms with Gasteiger partial charge >= 0.3 is 0 Å². The standard InChI is InChI=1S/C29H51IO2S/c1-20(2)7-6-8-21(3)25-11-12-26-24-10-9-22-19-23(31-17-18-32-33-30)13-15-28(22,4)27(24)14-16-29(25,26)5/h20-27H,6-19H2,1-5H3. The van der Waals surface area contributed by atoms with E-state index in [2.05, 4.69) is 55.8 Å². The number of fused-ring (bicyclic) bond motifs is 5. The Morgan fingerprint density at radius 1 is 0.879 bits per heavy atom. The van der Waals surface area contributed by atoms with E-state index in [1.165, 1.54) is 86.3 Å². The van der Waals surface area contributed by atoms with E-state index in [1.54, 1.807) is 0 Å². The summed E-state index contributed by atoms with van der Waals surface area (Å²) in [7, 11) is 1.42. The molecule has 0 saturated heterocycles. The van der Waals surface area contributed by atoms with Crippen molar-refractivity contribution in [3.8, 4) is 0 Å². The maximum atomic E-state index is 6.25. The lowest BCUT2D eigenvalue weighted by Gasteiger charge is -2.61. The van der Waals surface area contributed by atoms with Crippen LogP contribution in [0.3, 0.4) is 0 Å². The average Bonchev–Trinajstić information content (AvgIpc) is 3.14. The van der Waals surface area contributed by atoms with Gasteiger partial charge in [0.2, 0.25) is 0 Å². The molecule has 0 spiro atoms. The Labute approximate surface area is 221 Å². The van der Waals surface area contributed by atoms with Crippen molar-refractivity contribution in [2.24, 2.45) is 52.3 Å². The third kappa shape index (κ3) is 5.64. The van der Waals surface area contributed by atoms with Gasteiger partial charge < -0.3 is 8.92 Å².